The molecule has 1 saturated heterocycles. The first-order chi connectivity index (χ1) is 7.15. The van der Waals surface area contributed by atoms with Gasteiger partial charge < -0.3 is 9.16 Å². The summed E-state index contributed by atoms with van der Waals surface area (Å²) in [7, 11) is -1.28. The molecule has 0 spiro atoms. The van der Waals surface area contributed by atoms with Gasteiger partial charge in [0.1, 0.15) is 8.31 Å². The van der Waals surface area contributed by atoms with Crippen LogP contribution in [0, 0.1) is 0 Å². The van der Waals surface area contributed by atoms with Crippen LogP contribution in [-0.2, 0) is 14.0 Å². The number of ether oxygens (including phenoxy) is 1. The standard InChI is InChI=1S/C10H20O3Si2/c1-4-9(13-10(11)8(2)3)15-7-5-6-12-14-15/h9,15H,2,4-7,14H2,1,3H3. The first-order valence-electron chi connectivity index (χ1n) is 5.59. The van der Waals surface area contributed by atoms with Crippen molar-refractivity contribution in [2.24, 2.45) is 0 Å². The van der Waals surface area contributed by atoms with Crippen molar-refractivity contribution in [3.05, 3.63) is 12.2 Å². The summed E-state index contributed by atoms with van der Waals surface area (Å²) in [6, 6.07) is 1.29. The highest BCUT2D eigenvalue weighted by Gasteiger charge is 2.28. The molecule has 5 heteroatoms. The second kappa shape index (κ2) is 6.24. The van der Waals surface area contributed by atoms with E-state index in [1.807, 2.05) is 0 Å². The zero-order valence-electron chi connectivity index (χ0n) is 9.62. The molecule has 0 radical (unpaired) electrons. The average Bonchev–Trinajstić information content (AvgIpc) is 2.26. The Morgan fingerprint density at radius 3 is 2.93 bits per heavy atom. The van der Waals surface area contributed by atoms with E-state index in [1.54, 1.807) is 6.92 Å². The number of hydrogen-bond donors (Lipinski definition) is 0. The van der Waals surface area contributed by atoms with E-state index in [2.05, 4.69) is 13.5 Å². The summed E-state index contributed by atoms with van der Waals surface area (Å²) in [5.74, 6) is -0.228. The molecule has 2 unspecified atom stereocenters. The van der Waals surface area contributed by atoms with Gasteiger partial charge >= 0.3 is 5.97 Å². The van der Waals surface area contributed by atoms with Crippen LogP contribution in [0.2, 0.25) is 6.04 Å². The van der Waals surface area contributed by atoms with Crippen molar-refractivity contribution in [2.75, 3.05) is 6.61 Å². The summed E-state index contributed by atoms with van der Waals surface area (Å²) in [4.78, 5) is 11.4. The van der Waals surface area contributed by atoms with Gasteiger partial charge in [-0.25, -0.2) is 4.79 Å². The highest BCUT2D eigenvalue weighted by molar-refractivity contribution is 7.10. The third-order valence-corrected chi connectivity index (χ3v) is 11.3. The number of carbonyl (C=O) groups is 1. The van der Waals surface area contributed by atoms with E-state index >= 15 is 0 Å². The number of carbonyl (C=O) groups excluding carboxylic acids is 1. The lowest BCUT2D eigenvalue weighted by atomic mass is 10.4. The van der Waals surface area contributed by atoms with Crippen molar-refractivity contribution in [3.63, 3.8) is 0 Å². The Kier molecular flexibility index (Phi) is 5.27. The maximum absolute atomic E-state index is 11.4. The first kappa shape index (κ1) is 12.7. The second-order valence-electron chi connectivity index (χ2n) is 4.11. The Hall–Kier alpha value is -0.396. The van der Waals surface area contributed by atoms with Gasteiger partial charge in [-0.3, -0.25) is 0 Å². The third kappa shape index (κ3) is 3.92. The number of esters is 1. The van der Waals surface area contributed by atoms with Crippen molar-refractivity contribution >= 4 is 23.6 Å². The maximum Gasteiger partial charge on any atom is 0.333 e. The Morgan fingerprint density at radius 1 is 1.73 bits per heavy atom. The lowest BCUT2D eigenvalue weighted by molar-refractivity contribution is -0.141. The minimum atomic E-state index is -0.906. The fourth-order valence-corrected chi connectivity index (χ4v) is 9.62. The molecular formula is C10H20O3Si2. The van der Waals surface area contributed by atoms with Gasteiger partial charge in [-0.1, -0.05) is 19.5 Å². The summed E-state index contributed by atoms with van der Waals surface area (Å²) in [6.07, 6.45) is 2.09. The molecule has 3 nitrogen and oxygen atoms in total. The molecule has 1 fully saturated rings. The van der Waals surface area contributed by atoms with Crippen molar-refractivity contribution in [1.82, 2.24) is 0 Å². The zero-order chi connectivity index (χ0) is 11.3. The monoisotopic (exact) mass is 244 g/mol. The normalized spacial score (nSPS) is 24.8. The molecule has 0 aromatic heterocycles. The first-order valence-corrected chi connectivity index (χ1v) is 10.9. The van der Waals surface area contributed by atoms with Crippen LogP contribution in [0.15, 0.2) is 12.2 Å². The van der Waals surface area contributed by atoms with Crippen molar-refractivity contribution < 1.29 is 14.0 Å². The van der Waals surface area contributed by atoms with E-state index in [0.717, 1.165) is 19.4 Å². The summed E-state index contributed by atoms with van der Waals surface area (Å²) < 4.78 is 11.1. The lowest BCUT2D eigenvalue weighted by Gasteiger charge is -2.27. The quantitative estimate of drug-likeness (QED) is 0.414. The summed E-state index contributed by atoms with van der Waals surface area (Å²) >= 11 is 0. The Labute approximate surface area is 95.2 Å². The lowest BCUT2D eigenvalue weighted by Crippen LogP contribution is -2.43. The molecule has 0 aromatic carbocycles. The van der Waals surface area contributed by atoms with Gasteiger partial charge in [0.25, 0.3) is 0 Å². The molecule has 1 heterocycles. The molecular weight excluding hydrogens is 224 g/mol. The Morgan fingerprint density at radius 2 is 2.47 bits per heavy atom. The van der Waals surface area contributed by atoms with Gasteiger partial charge in [-0.05, 0) is 19.8 Å². The van der Waals surface area contributed by atoms with Gasteiger partial charge in [-0.15, -0.1) is 0 Å². The van der Waals surface area contributed by atoms with Gasteiger partial charge in [0, 0.05) is 12.2 Å². The summed E-state index contributed by atoms with van der Waals surface area (Å²) in [6.45, 7) is 8.33. The average molecular weight is 244 g/mol. The largest absolute Gasteiger partial charge is 0.463 e. The Bertz CT molecular complexity index is 237. The van der Waals surface area contributed by atoms with Crippen LogP contribution in [0.3, 0.4) is 0 Å². The van der Waals surface area contributed by atoms with E-state index in [1.165, 1.54) is 6.04 Å². The molecule has 0 amide bonds. The molecule has 86 valence electrons. The van der Waals surface area contributed by atoms with Crippen LogP contribution in [0.5, 0.6) is 0 Å². The molecule has 15 heavy (non-hydrogen) atoms. The van der Waals surface area contributed by atoms with Gasteiger partial charge in [0.15, 0.2) is 9.28 Å². The summed E-state index contributed by atoms with van der Waals surface area (Å²) in [5, 5.41) is 0. The van der Waals surface area contributed by atoms with Crippen molar-refractivity contribution in [2.45, 2.75) is 38.5 Å². The zero-order valence-corrected chi connectivity index (χ0v) is 12.2. The predicted octanol–water partition coefficient (Wildman–Crippen LogP) is 0.651. The van der Waals surface area contributed by atoms with Crippen LogP contribution in [0.4, 0.5) is 0 Å². The molecule has 0 aromatic rings. The minimum Gasteiger partial charge on any atom is -0.463 e. The molecule has 0 saturated carbocycles. The van der Waals surface area contributed by atoms with Crippen molar-refractivity contribution in [1.29, 1.82) is 0 Å². The van der Waals surface area contributed by atoms with Crippen LogP contribution >= 0.6 is 0 Å². The molecule has 0 aliphatic carbocycles. The van der Waals surface area contributed by atoms with Crippen LogP contribution < -0.4 is 0 Å². The number of rotatable bonds is 4. The molecule has 2 atom stereocenters. The fourth-order valence-electron chi connectivity index (χ4n) is 1.81. The maximum atomic E-state index is 11.4. The van der Waals surface area contributed by atoms with E-state index in [9.17, 15) is 4.79 Å². The summed E-state index contributed by atoms with van der Waals surface area (Å²) in [5.41, 5.74) is 0.682. The van der Waals surface area contributed by atoms with Gasteiger partial charge in [-0.2, -0.15) is 0 Å². The van der Waals surface area contributed by atoms with Crippen LogP contribution in [-0.4, -0.2) is 35.9 Å². The van der Waals surface area contributed by atoms with Crippen LogP contribution in [0.1, 0.15) is 26.7 Å². The predicted molar refractivity (Wildman–Crippen MR) is 66.1 cm³/mol. The highest BCUT2D eigenvalue weighted by Crippen LogP contribution is 2.14. The SMILES string of the molecule is C=C(C)C(=O)OC(CC)[SiH]1CCCO[SiH2]1. The van der Waals surface area contributed by atoms with E-state index in [-0.39, 0.29) is 21.0 Å². The molecule has 1 aliphatic heterocycles. The van der Waals surface area contributed by atoms with E-state index < -0.39 is 8.31 Å². The van der Waals surface area contributed by atoms with Gasteiger partial charge in [0.2, 0.25) is 0 Å². The molecule has 0 bridgehead atoms. The fraction of sp³-hybridized carbons (Fsp3) is 0.700. The second-order valence-corrected chi connectivity index (χ2v) is 11.8. The van der Waals surface area contributed by atoms with E-state index in [4.69, 9.17) is 9.16 Å². The molecule has 1 aliphatic rings. The van der Waals surface area contributed by atoms with Crippen molar-refractivity contribution in [3.8, 4) is 0 Å². The third-order valence-electron chi connectivity index (χ3n) is 2.73. The van der Waals surface area contributed by atoms with Crippen LogP contribution in [0.25, 0.3) is 0 Å². The highest BCUT2D eigenvalue weighted by atomic mass is 29.2. The van der Waals surface area contributed by atoms with E-state index in [0.29, 0.717) is 5.57 Å². The Balaban J connectivity index is 2.46. The number of hydrogen-bond acceptors (Lipinski definition) is 3. The molecule has 1 rings (SSSR count). The molecule has 0 N–H and O–H groups in total. The smallest absolute Gasteiger partial charge is 0.333 e. The minimum absolute atomic E-state index is 0.182. The van der Waals surface area contributed by atoms with Gasteiger partial charge in [0.05, 0.1) is 5.73 Å². The topological polar surface area (TPSA) is 35.5 Å².